The maximum Gasteiger partial charge on any atom is 0.246 e. The fraction of sp³-hybridized carbons (Fsp3) is 0.318. The standard InChI is InChI=1S/C22H26N2O2/c1-3-18(19-7-5-4-6-8-19)17-22(25)24-15-13-23(14-16-24)20-9-11-21(26-2)12-10-20/h4-12,17H,3,13-16H2,1-2H3/b18-17+. The van der Waals surface area contributed by atoms with Gasteiger partial charge in [0.15, 0.2) is 0 Å². The molecule has 4 nitrogen and oxygen atoms in total. The third-order valence-corrected chi connectivity index (χ3v) is 4.85. The quantitative estimate of drug-likeness (QED) is 0.768. The molecule has 1 amide bonds. The Hall–Kier alpha value is -2.75. The first-order valence-corrected chi connectivity index (χ1v) is 9.15. The molecule has 0 unspecified atom stereocenters. The van der Waals surface area contributed by atoms with E-state index in [1.54, 1.807) is 13.2 Å². The number of ether oxygens (including phenoxy) is 1. The van der Waals surface area contributed by atoms with E-state index in [4.69, 9.17) is 4.74 Å². The third kappa shape index (κ3) is 4.26. The Morgan fingerprint density at radius 1 is 1.00 bits per heavy atom. The SMILES string of the molecule is CC/C(=C\C(=O)N1CCN(c2ccc(OC)cc2)CC1)c1ccccc1. The number of allylic oxidation sites excluding steroid dienone is 1. The van der Waals surface area contributed by atoms with E-state index in [-0.39, 0.29) is 5.91 Å². The van der Waals surface area contributed by atoms with Crippen LogP contribution < -0.4 is 9.64 Å². The molecule has 0 aliphatic carbocycles. The maximum atomic E-state index is 12.7. The topological polar surface area (TPSA) is 32.8 Å². The van der Waals surface area contributed by atoms with Gasteiger partial charge in [-0.3, -0.25) is 4.79 Å². The van der Waals surface area contributed by atoms with Gasteiger partial charge < -0.3 is 14.5 Å². The molecule has 0 atom stereocenters. The molecule has 1 aliphatic rings. The highest BCUT2D eigenvalue weighted by atomic mass is 16.5. The van der Waals surface area contributed by atoms with Crippen LogP contribution in [0.2, 0.25) is 0 Å². The van der Waals surface area contributed by atoms with Crippen LogP contribution in [-0.4, -0.2) is 44.1 Å². The van der Waals surface area contributed by atoms with Gasteiger partial charge in [-0.2, -0.15) is 0 Å². The molecule has 136 valence electrons. The zero-order chi connectivity index (χ0) is 18.4. The van der Waals surface area contributed by atoms with Gasteiger partial charge in [0.25, 0.3) is 0 Å². The lowest BCUT2D eigenvalue weighted by Gasteiger charge is -2.35. The minimum Gasteiger partial charge on any atom is -0.497 e. The summed E-state index contributed by atoms with van der Waals surface area (Å²) in [5.41, 5.74) is 3.39. The second-order valence-electron chi connectivity index (χ2n) is 6.40. The van der Waals surface area contributed by atoms with Gasteiger partial charge in [-0.15, -0.1) is 0 Å². The molecule has 2 aromatic carbocycles. The van der Waals surface area contributed by atoms with Crippen molar-refractivity contribution in [3.8, 4) is 5.75 Å². The Morgan fingerprint density at radius 3 is 2.23 bits per heavy atom. The van der Waals surface area contributed by atoms with Crippen LogP contribution in [-0.2, 0) is 4.79 Å². The Kier molecular flexibility index (Phi) is 5.95. The van der Waals surface area contributed by atoms with E-state index in [1.165, 1.54) is 5.69 Å². The van der Waals surface area contributed by atoms with Crippen LogP contribution in [0.15, 0.2) is 60.7 Å². The number of benzene rings is 2. The van der Waals surface area contributed by atoms with Crippen molar-refractivity contribution in [2.75, 3.05) is 38.2 Å². The van der Waals surface area contributed by atoms with Crippen molar-refractivity contribution in [1.29, 1.82) is 0 Å². The molecule has 1 heterocycles. The summed E-state index contributed by atoms with van der Waals surface area (Å²) in [5.74, 6) is 0.973. The van der Waals surface area contributed by atoms with Gasteiger partial charge in [0.1, 0.15) is 5.75 Å². The Balaban J connectivity index is 1.61. The lowest BCUT2D eigenvalue weighted by molar-refractivity contribution is -0.126. The molecule has 1 saturated heterocycles. The molecule has 3 rings (SSSR count). The summed E-state index contributed by atoms with van der Waals surface area (Å²) in [6.45, 7) is 5.27. The van der Waals surface area contributed by atoms with Crippen LogP contribution in [0.25, 0.3) is 5.57 Å². The average molecular weight is 350 g/mol. The fourth-order valence-electron chi connectivity index (χ4n) is 3.26. The van der Waals surface area contributed by atoms with E-state index in [0.29, 0.717) is 0 Å². The van der Waals surface area contributed by atoms with Crippen molar-refractivity contribution in [3.05, 3.63) is 66.2 Å². The van der Waals surface area contributed by atoms with Crippen molar-refractivity contribution >= 4 is 17.2 Å². The number of methoxy groups -OCH3 is 1. The summed E-state index contributed by atoms with van der Waals surface area (Å²) in [5, 5.41) is 0. The van der Waals surface area contributed by atoms with E-state index >= 15 is 0 Å². The highest BCUT2D eigenvalue weighted by Crippen LogP contribution is 2.21. The first-order valence-electron chi connectivity index (χ1n) is 9.15. The summed E-state index contributed by atoms with van der Waals surface area (Å²) in [4.78, 5) is 16.9. The number of carbonyl (C=O) groups excluding carboxylic acids is 1. The van der Waals surface area contributed by atoms with E-state index in [1.807, 2.05) is 35.2 Å². The molecule has 1 aliphatic heterocycles. The molecule has 26 heavy (non-hydrogen) atoms. The van der Waals surface area contributed by atoms with Gasteiger partial charge in [-0.25, -0.2) is 0 Å². The predicted molar refractivity (Wildman–Crippen MR) is 106 cm³/mol. The number of hydrogen-bond acceptors (Lipinski definition) is 3. The second-order valence-corrected chi connectivity index (χ2v) is 6.40. The lowest BCUT2D eigenvalue weighted by Crippen LogP contribution is -2.48. The highest BCUT2D eigenvalue weighted by Gasteiger charge is 2.20. The largest absolute Gasteiger partial charge is 0.497 e. The zero-order valence-electron chi connectivity index (χ0n) is 15.5. The van der Waals surface area contributed by atoms with Gasteiger partial charge in [0.2, 0.25) is 5.91 Å². The molecule has 0 aromatic heterocycles. The summed E-state index contributed by atoms with van der Waals surface area (Å²) in [7, 11) is 1.67. The fourth-order valence-corrected chi connectivity index (χ4v) is 3.26. The smallest absolute Gasteiger partial charge is 0.246 e. The van der Waals surface area contributed by atoms with Crippen molar-refractivity contribution in [2.24, 2.45) is 0 Å². The Morgan fingerprint density at radius 2 is 1.65 bits per heavy atom. The molecule has 2 aromatic rings. The predicted octanol–water partition coefficient (Wildman–Crippen LogP) is 3.84. The molecule has 4 heteroatoms. The molecule has 1 fully saturated rings. The number of rotatable bonds is 5. The van der Waals surface area contributed by atoms with Crippen molar-refractivity contribution in [1.82, 2.24) is 4.90 Å². The number of hydrogen-bond donors (Lipinski definition) is 0. The molecular weight excluding hydrogens is 324 g/mol. The van der Waals surface area contributed by atoms with E-state index in [2.05, 4.69) is 36.1 Å². The minimum atomic E-state index is 0.111. The summed E-state index contributed by atoms with van der Waals surface area (Å²) in [6, 6.07) is 18.2. The van der Waals surface area contributed by atoms with Crippen LogP contribution in [0.1, 0.15) is 18.9 Å². The van der Waals surface area contributed by atoms with Gasteiger partial charge >= 0.3 is 0 Å². The van der Waals surface area contributed by atoms with Crippen LogP contribution in [0.4, 0.5) is 5.69 Å². The Bertz CT molecular complexity index is 745. The number of nitrogens with zero attached hydrogens (tertiary/aromatic N) is 2. The molecular formula is C22H26N2O2. The molecule has 0 spiro atoms. The first-order chi connectivity index (χ1) is 12.7. The number of carbonyl (C=O) groups is 1. The van der Waals surface area contributed by atoms with Gasteiger partial charge in [0, 0.05) is 37.9 Å². The molecule has 0 saturated carbocycles. The average Bonchev–Trinajstić information content (AvgIpc) is 2.72. The number of anilines is 1. The molecule has 0 bridgehead atoms. The van der Waals surface area contributed by atoms with Crippen molar-refractivity contribution in [3.63, 3.8) is 0 Å². The van der Waals surface area contributed by atoms with Crippen LogP contribution >= 0.6 is 0 Å². The minimum absolute atomic E-state index is 0.111. The van der Waals surface area contributed by atoms with Crippen LogP contribution in [0.3, 0.4) is 0 Å². The third-order valence-electron chi connectivity index (χ3n) is 4.85. The normalized spacial score (nSPS) is 15.1. The van der Waals surface area contributed by atoms with E-state index in [9.17, 15) is 4.79 Å². The van der Waals surface area contributed by atoms with Crippen LogP contribution in [0, 0.1) is 0 Å². The van der Waals surface area contributed by atoms with Crippen LogP contribution in [0.5, 0.6) is 5.75 Å². The lowest BCUT2D eigenvalue weighted by atomic mass is 10.0. The number of amides is 1. The van der Waals surface area contributed by atoms with Crippen molar-refractivity contribution < 1.29 is 9.53 Å². The second kappa shape index (κ2) is 8.56. The molecule has 0 N–H and O–H groups in total. The summed E-state index contributed by atoms with van der Waals surface area (Å²) >= 11 is 0. The van der Waals surface area contributed by atoms with E-state index in [0.717, 1.165) is 49.5 Å². The maximum absolute atomic E-state index is 12.7. The summed E-state index contributed by atoms with van der Waals surface area (Å²) < 4.78 is 5.21. The van der Waals surface area contributed by atoms with Gasteiger partial charge in [0.05, 0.1) is 7.11 Å². The molecule has 0 radical (unpaired) electrons. The zero-order valence-corrected chi connectivity index (χ0v) is 15.5. The Labute approximate surface area is 155 Å². The van der Waals surface area contributed by atoms with Crippen molar-refractivity contribution in [2.45, 2.75) is 13.3 Å². The first kappa shape index (κ1) is 18.1. The highest BCUT2D eigenvalue weighted by molar-refractivity contribution is 5.95. The van der Waals surface area contributed by atoms with Gasteiger partial charge in [-0.1, -0.05) is 37.3 Å². The summed E-state index contributed by atoms with van der Waals surface area (Å²) in [6.07, 6.45) is 2.65. The van der Waals surface area contributed by atoms with Gasteiger partial charge in [-0.05, 0) is 41.8 Å². The number of piperazine rings is 1. The monoisotopic (exact) mass is 350 g/mol. The van der Waals surface area contributed by atoms with E-state index < -0.39 is 0 Å².